The molecule has 3 aromatic carbocycles. The van der Waals surface area contributed by atoms with Gasteiger partial charge in [0.15, 0.2) is 23.0 Å². The molecule has 0 spiro atoms. The molecule has 7 nitrogen and oxygen atoms in total. The fourth-order valence-electron chi connectivity index (χ4n) is 3.38. The van der Waals surface area contributed by atoms with Crippen LogP contribution in [0.15, 0.2) is 65.5 Å². The van der Waals surface area contributed by atoms with Crippen molar-refractivity contribution in [2.75, 3.05) is 21.3 Å². The Labute approximate surface area is 191 Å². The first-order valence-electron chi connectivity index (χ1n) is 10.3. The third kappa shape index (κ3) is 4.98. The summed E-state index contributed by atoms with van der Waals surface area (Å²) >= 11 is 0. The standard InChI is InChI=1S/C26H24N2O5/c1-30-22-13-17(9-11-21(22)33-16-18-7-5-4-6-8-18)10-12-25-27-20-15-24(32-3)23(31-2)14-19(20)26(29)28-25/h4-15H,16H2,1-3H3,(H,27,28,29)/b12-10+. The lowest BCUT2D eigenvalue weighted by atomic mass is 10.1. The maximum absolute atomic E-state index is 12.6. The zero-order valence-corrected chi connectivity index (χ0v) is 18.6. The van der Waals surface area contributed by atoms with Gasteiger partial charge in [0.1, 0.15) is 12.4 Å². The van der Waals surface area contributed by atoms with Gasteiger partial charge < -0.3 is 23.9 Å². The molecule has 168 valence electrons. The molecule has 0 amide bonds. The van der Waals surface area contributed by atoms with E-state index < -0.39 is 0 Å². The minimum atomic E-state index is -0.261. The van der Waals surface area contributed by atoms with Crippen LogP contribution in [-0.4, -0.2) is 31.3 Å². The summed E-state index contributed by atoms with van der Waals surface area (Å²) in [4.78, 5) is 19.9. The van der Waals surface area contributed by atoms with Crippen LogP contribution in [0.3, 0.4) is 0 Å². The van der Waals surface area contributed by atoms with Crippen molar-refractivity contribution in [1.82, 2.24) is 9.97 Å². The molecule has 4 aromatic rings. The van der Waals surface area contributed by atoms with Crippen molar-refractivity contribution >= 4 is 23.1 Å². The number of aromatic nitrogens is 2. The van der Waals surface area contributed by atoms with Gasteiger partial charge in [0, 0.05) is 6.07 Å². The minimum Gasteiger partial charge on any atom is -0.493 e. The highest BCUT2D eigenvalue weighted by atomic mass is 16.5. The van der Waals surface area contributed by atoms with Crippen LogP contribution in [0.4, 0.5) is 0 Å². The van der Waals surface area contributed by atoms with Crippen molar-refractivity contribution in [3.8, 4) is 23.0 Å². The predicted octanol–water partition coefficient (Wildman–Crippen LogP) is 4.70. The first-order valence-corrected chi connectivity index (χ1v) is 10.3. The van der Waals surface area contributed by atoms with Crippen LogP contribution < -0.4 is 24.5 Å². The normalized spacial score (nSPS) is 11.0. The summed E-state index contributed by atoms with van der Waals surface area (Å²) in [7, 11) is 4.66. The first-order chi connectivity index (χ1) is 16.1. The zero-order valence-electron chi connectivity index (χ0n) is 18.6. The maximum Gasteiger partial charge on any atom is 0.259 e. The Morgan fingerprint density at radius 2 is 1.52 bits per heavy atom. The van der Waals surface area contributed by atoms with Crippen molar-refractivity contribution in [1.29, 1.82) is 0 Å². The van der Waals surface area contributed by atoms with E-state index in [0.717, 1.165) is 11.1 Å². The summed E-state index contributed by atoms with van der Waals surface area (Å²) in [5, 5.41) is 0.423. The Hall–Kier alpha value is -4.26. The molecule has 4 rings (SSSR count). The lowest BCUT2D eigenvalue weighted by Gasteiger charge is -2.11. The molecule has 0 saturated heterocycles. The number of methoxy groups -OCH3 is 3. The lowest BCUT2D eigenvalue weighted by molar-refractivity contribution is 0.284. The monoisotopic (exact) mass is 444 g/mol. The Balaban J connectivity index is 1.57. The van der Waals surface area contributed by atoms with Gasteiger partial charge in [-0.2, -0.15) is 0 Å². The number of aromatic amines is 1. The van der Waals surface area contributed by atoms with E-state index in [9.17, 15) is 4.79 Å². The number of benzene rings is 3. The van der Waals surface area contributed by atoms with Crippen LogP contribution in [0.2, 0.25) is 0 Å². The number of hydrogen-bond donors (Lipinski definition) is 1. The van der Waals surface area contributed by atoms with Gasteiger partial charge in [0.25, 0.3) is 5.56 Å². The van der Waals surface area contributed by atoms with E-state index in [1.807, 2.05) is 54.6 Å². The molecule has 1 heterocycles. The van der Waals surface area contributed by atoms with Gasteiger partial charge in [-0.1, -0.05) is 42.5 Å². The van der Waals surface area contributed by atoms with Gasteiger partial charge >= 0.3 is 0 Å². The minimum absolute atomic E-state index is 0.261. The van der Waals surface area contributed by atoms with Gasteiger partial charge in [-0.15, -0.1) is 0 Å². The average molecular weight is 444 g/mol. The largest absolute Gasteiger partial charge is 0.493 e. The summed E-state index contributed by atoms with van der Waals surface area (Å²) in [5.41, 5.74) is 2.19. The van der Waals surface area contributed by atoms with Crippen molar-refractivity contribution in [3.05, 3.63) is 88.0 Å². The third-order valence-corrected chi connectivity index (χ3v) is 5.09. The topological polar surface area (TPSA) is 82.7 Å². The summed E-state index contributed by atoms with van der Waals surface area (Å²) < 4.78 is 22.0. The van der Waals surface area contributed by atoms with E-state index in [4.69, 9.17) is 18.9 Å². The van der Waals surface area contributed by atoms with Gasteiger partial charge in [-0.25, -0.2) is 4.98 Å². The number of rotatable bonds is 8. The van der Waals surface area contributed by atoms with Crippen LogP contribution in [0.5, 0.6) is 23.0 Å². The number of ether oxygens (including phenoxy) is 4. The Kier molecular flexibility index (Phi) is 6.59. The molecule has 1 aromatic heterocycles. The second kappa shape index (κ2) is 9.91. The zero-order chi connectivity index (χ0) is 23.2. The van der Waals surface area contributed by atoms with Crippen LogP contribution >= 0.6 is 0 Å². The molecule has 0 saturated carbocycles. The fraction of sp³-hybridized carbons (Fsp3) is 0.154. The lowest BCUT2D eigenvalue weighted by Crippen LogP contribution is -2.10. The second-order valence-electron chi connectivity index (χ2n) is 7.19. The van der Waals surface area contributed by atoms with Crippen LogP contribution in [-0.2, 0) is 6.61 Å². The molecule has 0 aliphatic rings. The van der Waals surface area contributed by atoms with Crippen LogP contribution in [0.1, 0.15) is 17.0 Å². The van der Waals surface area contributed by atoms with Crippen LogP contribution in [0, 0.1) is 0 Å². The third-order valence-electron chi connectivity index (χ3n) is 5.09. The smallest absolute Gasteiger partial charge is 0.259 e. The number of nitrogens with one attached hydrogen (secondary N) is 1. The highest BCUT2D eigenvalue weighted by Crippen LogP contribution is 2.31. The molecular formula is C26H24N2O5. The van der Waals surface area contributed by atoms with E-state index in [1.165, 1.54) is 14.2 Å². The highest BCUT2D eigenvalue weighted by molar-refractivity contribution is 5.83. The molecular weight excluding hydrogens is 420 g/mol. The molecule has 0 unspecified atom stereocenters. The summed E-state index contributed by atoms with van der Waals surface area (Å²) in [6.45, 7) is 0.447. The Morgan fingerprint density at radius 1 is 0.818 bits per heavy atom. The second-order valence-corrected chi connectivity index (χ2v) is 7.19. The summed E-state index contributed by atoms with van der Waals surface area (Å²) in [5.74, 6) is 2.67. The van der Waals surface area contributed by atoms with E-state index in [2.05, 4.69) is 9.97 Å². The van der Waals surface area contributed by atoms with E-state index in [0.29, 0.717) is 46.3 Å². The molecule has 7 heteroatoms. The summed E-state index contributed by atoms with van der Waals surface area (Å²) in [6, 6.07) is 18.9. The molecule has 0 aliphatic heterocycles. The van der Waals surface area contributed by atoms with Gasteiger partial charge in [-0.05, 0) is 35.4 Å². The van der Waals surface area contributed by atoms with Crippen molar-refractivity contribution in [3.63, 3.8) is 0 Å². The SMILES string of the molecule is COc1cc2nc(/C=C/c3ccc(OCc4ccccc4)c(OC)c3)[nH]c(=O)c2cc1OC. The van der Waals surface area contributed by atoms with Gasteiger partial charge in [0.2, 0.25) is 0 Å². The molecule has 1 N–H and O–H groups in total. The molecule has 0 aliphatic carbocycles. The fourth-order valence-corrected chi connectivity index (χ4v) is 3.38. The van der Waals surface area contributed by atoms with Crippen molar-refractivity contribution in [2.24, 2.45) is 0 Å². The number of H-pyrrole nitrogens is 1. The number of fused-ring (bicyclic) bond motifs is 1. The Morgan fingerprint density at radius 3 is 2.24 bits per heavy atom. The Bertz CT molecular complexity index is 1350. The predicted molar refractivity (Wildman–Crippen MR) is 128 cm³/mol. The molecule has 0 radical (unpaired) electrons. The maximum atomic E-state index is 12.6. The van der Waals surface area contributed by atoms with Gasteiger partial charge in [-0.3, -0.25) is 4.79 Å². The molecule has 0 bridgehead atoms. The summed E-state index contributed by atoms with van der Waals surface area (Å²) in [6.07, 6.45) is 3.57. The number of nitrogens with zero attached hydrogens (tertiary/aromatic N) is 1. The van der Waals surface area contributed by atoms with Crippen molar-refractivity contribution < 1.29 is 18.9 Å². The van der Waals surface area contributed by atoms with E-state index >= 15 is 0 Å². The quantitative estimate of drug-likeness (QED) is 0.424. The number of hydrogen-bond acceptors (Lipinski definition) is 6. The van der Waals surface area contributed by atoms with E-state index in [1.54, 1.807) is 25.3 Å². The van der Waals surface area contributed by atoms with Gasteiger partial charge in [0.05, 0.1) is 32.2 Å². The molecule has 0 atom stereocenters. The van der Waals surface area contributed by atoms with Crippen molar-refractivity contribution in [2.45, 2.75) is 6.61 Å². The van der Waals surface area contributed by atoms with E-state index in [-0.39, 0.29) is 5.56 Å². The first kappa shape index (κ1) is 22.0. The average Bonchev–Trinajstić information content (AvgIpc) is 2.86. The van der Waals surface area contributed by atoms with Crippen LogP contribution in [0.25, 0.3) is 23.1 Å². The highest BCUT2D eigenvalue weighted by Gasteiger charge is 2.10. The molecule has 0 fully saturated rings. The molecule has 33 heavy (non-hydrogen) atoms.